The SMILES string of the molecule is Cc1[nH]c2ccc(CNS(=O)(=O)c3ccsc3)cc2c1C. The minimum atomic E-state index is -3.42. The monoisotopic (exact) mass is 320 g/mol. The van der Waals surface area contributed by atoms with E-state index in [-0.39, 0.29) is 6.54 Å². The molecule has 0 unspecified atom stereocenters. The van der Waals surface area contributed by atoms with Gasteiger partial charge in [-0.25, -0.2) is 13.1 Å². The standard InChI is InChI=1S/C15H16N2O2S2/c1-10-11(2)17-15-4-3-12(7-14(10)15)8-16-21(18,19)13-5-6-20-9-13/h3-7,9,16-17H,8H2,1-2H3. The molecule has 0 saturated heterocycles. The van der Waals surface area contributed by atoms with Gasteiger partial charge >= 0.3 is 0 Å². The van der Waals surface area contributed by atoms with Crippen LogP contribution in [0.25, 0.3) is 10.9 Å². The number of thiophene rings is 1. The van der Waals surface area contributed by atoms with Crippen molar-refractivity contribution >= 4 is 32.3 Å². The van der Waals surface area contributed by atoms with Crippen LogP contribution < -0.4 is 4.72 Å². The van der Waals surface area contributed by atoms with Gasteiger partial charge in [-0.2, -0.15) is 11.3 Å². The number of aryl methyl sites for hydroxylation is 2. The van der Waals surface area contributed by atoms with E-state index in [9.17, 15) is 8.42 Å². The first-order chi connectivity index (χ1) is 9.97. The Morgan fingerprint density at radius 3 is 2.76 bits per heavy atom. The smallest absolute Gasteiger partial charge is 0.241 e. The first kappa shape index (κ1) is 14.3. The summed E-state index contributed by atoms with van der Waals surface area (Å²) in [5.41, 5.74) is 4.37. The van der Waals surface area contributed by atoms with Gasteiger partial charge in [0.15, 0.2) is 0 Å². The van der Waals surface area contributed by atoms with E-state index in [1.54, 1.807) is 16.8 Å². The number of hydrogen-bond acceptors (Lipinski definition) is 3. The summed E-state index contributed by atoms with van der Waals surface area (Å²) in [5.74, 6) is 0. The molecule has 0 bridgehead atoms. The number of aromatic amines is 1. The Morgan fingerprint density at radius 2 is 2.05 bits per heavy atom. The molecule has 0 atom stereocenters. The van der Waals surface area contributed by atoms with E-state index in [4.69, 9.17) is 0 Å². The Bertz CT molecular complexity index is 878. The lowest BCUT2D eigenvalue weighted by molar-refractivity contribution is 0.582. The summed E-state index contributed by atoms with van der Waals surface area (Å²) >= 11 is 1.37. The maximum absolute atomic E-state index is 12.1. The highest BCUT2D eigenvalue weighted by Crippen LogP contribution is 2.22. The van der Waals surface area contributed by atoms with Gasteiger partial charge in [0.05, 0.1) is 4.90 Å². The van der Waals surface area contributed by atoms with Crippen LogP contribution in [0.3, 0.4) is 0 Å². The van der Waals surface area contributed by atoms with Gasteiger partial charge in [0, 0.05) is 28.5 Å². The maximum atomic E-state index is 12.1. The maximum Gasteiger partial charge on any atom is 0.241 e. The van der Waals surface area contributed by atoms with Gasteiger partial charge in [0.2, 0.25) is 10.0 Å². The predicted octanol–water partition coefficient (Wildman–Crippen LogP) is 3.32. The third-order valence-corrected chi connectivity index (χ3v) is 5.88. The van der Waals surface area contributed by atoms with Crippen molar-refractivity contribution in [3.63, 3.8) is 0 Å². The predicted molar refractivity (Wildman–Crippen MR) is 86.1 cm³/mol. The van der Waals surface area contributed by atoms with E-state index in [1.807, 2.05) is 25.1 Å². The Balaban J connectivity index is 1.84. The molecule has 2 aromatic heterocycles. The summed E-state index contributed by atoms with van der Waals surface area (Å²) in [6.45, 7) is 4.39. The zero-order valence-electron chi connectivity index (χ0n) is 11.8. The summed E-state index contributed by atoms with van der Waals surface area (Å²) in [6.07, 6.45) is 0. The van der Waals surface area contributed by atoms with Gasteiger partial charge in [0.1, 0.15) is 0 Å². The average Bonchev–Trinajstić information content (AvgIpc) is 3.08. The van der Waals surface area contributed by atoms with Gasteiger partial charge < -0.3 is 4.98 Å². The summed E-state index contributed by atoms with van der Waals surface area (Å²) in [7, 11) is -3.42. The van der Waals surface area contributed by atoms with Crippen molar-refractivity contribution in [2.24, 2.45) is 0 Å². The molecule has 0 amide bonds. The molecule has 1 aromatic carbocycles. The van der Waals surface area contributed by atoms with Crippen molar-refractivity contribution < 1.29 is 8.42 Å². The fraction of sp³-hybridized carbons (Fsp3) is 0.200. The first-order valence-corrected chi connectivity index (χ1v) is 8.99. The zero-order chi connectivity index (χ0) is 15.0. The number of rotatable bonds is 4. The Kier molecular flexibility index (Phi) is 3.61. The molecule has 2 heterocycles. The van der Waals surface area contributed by atoms with Crippen LogP contribution in [0.2, 0.25) is 0 Å². The third kappa shape index (κ3) is 2.74. The summed E-state index contributed by atoms with van der Waals surface area (Å²) in [5, 5.41) is 4.53. The molecule has 0 aliphatic carbocycles. The van der Waals surface area contributed by atoms with E-state index in [0.29, 0.717) is 4.90 Å². The molecule has 110 valence electrons. The van der Waals surface area contributed by atoms with E-state index in [0.717, 1.165) is 22.2 Å². The lowest BCUT2D eigenvalue weighted by Gasteiger charge is -2.05. The van der Waals surface area contributed by atoms with Crippen molar-refractivity contribution in [3.05, 3.63) is 51.8 Å². The molecule has 4 nitrogen and oxygen atoms in total. The molecule has 0 aliphatic heterocycles. The fourth-order valence-corrected chi connectivity index (χ4v) is 4.33. The van der Waals surface area contributed by atoms with E-state index >= 15 is 0 Å². The minimum Gasteiger partial charge on any atom is -0.358 e. The summed E-state index contributed by atoms with van der Waals surface area (Å²) < 4.78 is 26.8. The molecule has 6 heteroatoms. The van der Waals surface area contributed by atoms with Crippen LogP contribution in [0.5, 0.6) is 0 Å². The zero-order valence-corrected chi connectivity index (χ0v) is 13.4. The van der Waals surface area contributed by atoms with Crippen molar-refractivity contribution in [3.8, 4) is 0 Å². The molecule has 0 radical (unpaired) electrons. The number of sulfonamides is 1. The van der Waals surface area contributed by atoms with Gasteiger partial charge in [0.25, 0.3) is 0 Å². The van der Waals surface area contributed by atoms with Crippen LogP contribution in [0, 0.1) is 13.8 Å². The van der Waals surface area contributed by atoms with E-state index in [1.165, 1.54) is 16.9 Å². The highest BCUT2D eigenvalue weighted by Gasteiger charge is 2.14. The van der Waals surface area contributed by atoms with E-state index in [2.05, 4.69) is 16.6 Å². The lowest BCUT2D eigenvalue weighted by Crippen LogP contribution is -2.22. The molecule has 3 aromatic rings. The van der Waals surface area contributed by atoms with Crippen molar-refractivity contribution in [2.75, 3.05) is 0 Å². The highest BCUT2D eigenvalue weighted by atomic mass is 32.2. The van der Waals surface area contributed by atoms with Gasteiger partial charge in [-0.05, 0) is 48.6 Å². The number of benzene rings is 1. The van der Waals surface area contributed by atoms with Gasteiger partial charge in [-0.3, -0.25) is 0 Å². The van der Waals surface area contributed by atoms with Gasteiger partial charge in [-0.15, -0.1) is 0 Å². The molecule has 3 rings (SSSR count). The van der Waals surface area contributed by atoms with Crippen molar-refractivity contribution in [1.29, 1.82) is 0 Å². The number of hydrogen-bond donors (Lipinski definition) is 2. The Morgan fingerprint density at radius 1 is 1.24 bits per heavy atom. The molecule has 0 fully saturated rings. The molecule has 0 aliphatic rings. The van der Waals surface area contributed by atoms with Crippen LogP contribution in [0.15, 0.2) is 39.9 Å². The average molecular weight is 320 g/mol. The Hall–Kier alpha value is -1.63. The number of H-pyrrole nitrogens is 1. The van der Waals surface area contributed by atoms with Crippen LogP contribution >= 0.6 is 11.3 Å². The lowest BCUT2D eigenvalue weighted by atomic mass is 10.1. The largest absolute Gasteiger partial charge is 0.358 e. The number of nitrogens with one attached hydrogen (secondary N) is 2. The Labute approximate surface area is 127 Å². The number of fused-ring (bicyclic) bond motifs is 1. The molecular formula is C15H16N2O2S2. The molecule has 0 saturated carbocycles. The third-order valence-electron chi connectivity index (χ3n) is 3.64. The summed E-state index contributed by atoms with van der Waals surface area (Å²) in [4.78, 5) is 3.63. The quantitative estimate of drug-likeness (QED) is 0.774. The highest BCUT2D eigenvalue weighted by molar-refractivity contribution is 7.89. The van der Waals surface area contributed by atoms with Crippen LogP contribution in [-0.2, 0) is 16.6 Å². The molecule has 21 heavy (non-hydrogen) atoms. The first-order valence-electron chi connectivity index (χ1n) is 6.57. The topological polar surface area (TPSA) is 62.0 Å². The second-order valence-corrected chi connectivity index (χ2v) is 7.59. The van der Waals surface area contributed by atoms with Crippen LogP contribution in [-0.4, -0.2) is 13.4 Å². The second kappa shape index (κ2) is 5.29. The van der Waals surface area contributed by atoms with Crippen LogP contribution in [0.4, 0.5) is 0 Å². The van der Waals surface area contributed by atoms with E-state index < -0.39 is 10.0 Å². The second-order valence-electron chi connectivity index (χ2n) is 5.04. The summed E-state index contributed by atoms with van der Waals surface area (Å²) in [6, 6.07) is 7.57. The molecular weight excluding hydrogens is 304 g/mol. The van der Waals surface area contributed by atoms with Crippen LogP contribution in [0.1, 0.15) is 16.8 Å². The normalized spacial score (nSPS) is 12.1. The molecule has 0 spiro atoms. The number of aromatic nitrogens is 1. The van der Waals surface area contributed by atoms with Crippen molar-refractivity contribution in [1.82, 2.24) is 9.71 Å². The van der Waals surface area contributed by atoms with Crippen molar-refractivity contribution in [2.45, 2.75) is 25.3 Å². The fourth-order valence-electron chi connectivity index (χ4n) is 2.28. The molecule has 2 N–H and O–H groups in total. The minimum absolute atomic E-state index is 0.289. The van der Waals surface area contributed by atoms with Gasteiger partial charge in [-0.1, -0.05) is 6.07 Å².